The molecular formula is C13H22N4O3. The predicted molar refractivity (Wildman–Crippen MR) is 74.4 cm³/mol. The van der Waals surface area contributed by atoms with E-state index in [1.165, 1.54) is 6.33 Å². The SMILES string of the molecule is CCC(CC)N(C)C(=O)N[C@H](Cc1cnc[nH]1)C(=O)O. The van der Waals surface area contributed by atoms with Crippen LogP contribution >= 0.6 is 0 Å². The first-order valence-electron chi connectivity index (χ1n) is 6.72. The summed E-state index contributed by atoms with van der Waals surface area (Å²) in [4.78, 5) is 31.5. The number of carbonyl (C=O) groups is 2. The Kier molecular flexibility index (Phi) is 6.02. The third-order valence-electron chi connectivity index (χ3n) is 3.39. The maximum atomic E-state index is 12.1. The van der Waals surface area contributed by atoms with Gasteiger partial charge in [0.15, 0.2) is 0 Å². The summed E-state index contributed by atoms with van der Waals surface area (Å²) < 4.78 is 0. The van der Waals surface area contributed by atoms with Gasteiger partial charge in [-0.3, -0.25) is 0 Å². The minimum Gasteiger partial charge on any atom is -0.480 e. The number of hydrogen-bond donors (Lipinski definition) is 3. The molecule has 1 aromatic heterocycles. The van der Waals surface area contributed by atoms with Crippen LogP contribution in [0, 0.1) is 0 Å². The first-order valence-corrected chi connectivity index (χ1v) is 6.72. The Morgan fingerprint density at radius 3 is 2.55 bits per heavy atom. The van der Waals surface area contributed by atoms with Gasteiger partial charge in [0.2, 0.25) is 0 Å². The standard InChI is InChI=1S/C13H22N4O3/c1-4-10(5-2)17(3)13(20)16-11(12(18)19)6-9-7-14-8-15-9/h7-8,10-11H,4-6H2,1-3H3,(H,14,15)(H,16,20)(H,18,19)/t11-/m1/s1. The van der Waals surface area contributed by atoms with Crippen molar-refractivity contribution >= 4 is 12.0 Å². The highest BCUT2D eigenvalue weighted by Crippen LogP contribution is 2.07. The smallest absolute Gasteiger partial charge is 0.326 e. The molecule has 7 nitrogen and oxygen atoms in total. The van der Waals surface area contributed by atoms with Crippen LogP contribution in [0.15, 0.2) is 12.5 Å². The van der Waals surface area contributed by atoms with Gasteiger partial charge in [0.1, 0.15) is 6.04 Å². The zero-order chi connectivity index (χ0) is 15.1. The molecule has 0 radical (unpaired) electrons. The van der Waals surface area contributed by atoms with Gasteiger partial charge >= 0.3 is 12.0 Å². The molecule has 1 heterocycles. The fourth-order valence-corrected chi connectivity index (χ4v) is 2.07. The van der Waals surface area contributed by atoms with Crippen molar-refractivity contribution < 1.29 is 14.7 Å². The summed E-state index contributed by atoms with van der Waals surface area (Å²) in [6.45, 7) is 3.99. The Bertz CT molecular complexity index is 429. The summed E-state index contributed by atoms with van der Waals surface area (Å²) in [6.07, 6.45) is 4.87. The highest BCUT2D eigenvalue weighted by Gasteiger charge is 2.24. The summed E-state index contributed by atoms with van der Waals surface area (Å²) >= 11 is 0. The predicted octanol–water partition coefficient (Wildman–Crippen LogP) is 1.24. The number of carbonyl (C=O) groups excluding carboxylic acids is 1. The number of aromatic amines is 1. The molecule has 1 aromatic rings. The third kappa shape index (κ3) is 4.25. The van der Waals surface area contributed by atoms with Crippen LogP contribution in [0.1, 0.15) is 32.4 Å². The fourth-order valence-electron chi connectivity index (χ4n) is 2.07. The van der Waals surface area contributed by atoms with Crippen molar-refractivity contribution in [3.63, 3.8) is 0 Å². The van der Waals surface area contributed by atoms with Crippen molar-refractivity contribution in [3.8, 4) is 0 Å². The lowest BCUT2D eigenvalue weighted by molar-refractivity contribution is -0.139. The van der Waals surface area contributed by atoms with Gasteiger partial charge in [-0.25, -0.2) is 14.6 Å². The summed E-state index contributed by atoms with van der Waals surface area (Å²) in [6, 6.07) is -1.23. The van der Waals surface area contributed by atoms with E-state index in [-0.39, 0.29) is 18.5 Å². The molecular weight excluding hydrogens is 260 g/mol. The zero-order valence-corrected chi connectivity index (χ0v) is 12.1. The Hall–Kier alpha value is -2.05. The van der Waals surface area contributed by atoms with E-state index in [0.29, 0.717) is 5.69 Å². The van der Waals surface area contributed by atoms with E-state index in [9.17, 15) is 14.7 Å². The second-order valence-electron chi connectivity index (χ2n) is 4.70. The fraction of sp³-hybridized carbons (Fsp3) is 0.615. The lowest BCUT2D eigenvalue weighted by atomic mass is 10.1. The highest BCUT2D eigenvalue weighted by molar-refractivity contribution is 5.82. The van der Waals surface area contributed by atoms with Crippen molar-refractivity contribution in [2.24, 2.45) is 0 Å². The van der Waals surface area contributed by atoms with E-state index in [0.717, 1.165) is 12.8 Å². The van der Waals surface area contributed by atoms with Gasteiger partial charge in [-0.1, -0.05) is 13.8 Å². The molecule has 0 spiro atoms. The van der Waals surface area contributed by atoms with E-state index in [1.807, 2.05) is 13.8 Å². The van der Waals surface area contributed by atoms with Gasteiger partial charge in [-0.05, 0) is 12.8 Å². The third-order valence-corrected chi connectivity index (χ3v) is 3.39. The molecule has 0 aliphatic rings. The number of nitrogens with zero attached hydrogens (tertiary/aromatic N) is 2. The van der Waals surface area contributed by atoms with Crippen molar-refractivity contribution in [2.45, 2.75) is 45.2 Å². The molecule has 7 heteroatoms. The number of aromatic nitrogens is 2. The van der Waals surface area contributed by atoms with Crippen LogP contribution in [0.25, 0.3) is 0 Å². The van der Waals surface area contributed by atoms with E-state index in [1.54, 1.807) is 18.1 Å². The number of hydrogen-bond acceptors (Lipinski definition) is 3. The van der Waals surface area contributed by atoms with Gasteiger partial charge in [0.05, 0.1) is 6.33 Å². The van der Waals surface area contributed by atoms with Crippen LogP contribution in [0.4, 0.5) is 4.79 Å². The van der Waals surface area contributed by atoms with Crippen molar-refractivity contribution in [1.82, 2.24) is 20.2 Å². The monoisotopic (exact) mass is 282 g/mol. The van der Waals surface area contributed by atoms with Crippen molar-refractivity contribution in [3.05, 3.63) is 18.2 Å². The molecule has 20 heavy (non-hydrogen) atoms. The van der Waals surface area contributed by atoms with Crippen LogP contribution in [0.2, 0.25) is 0 Å². The molecule has 3 N–H and O–H groups in total. The van der Waals surface area contributed by atoms with Crippen LogP contribution in [-0.2, 0) is 11.2 Å². The molecule has 0 aliphatic carbocycles. The number of carboxylic acid groups (broad SMARTS) is 1. The van der Waals surface area contributed by atoms with Gasteiger partial charge in [0, 0.05) is 31.4 Å². The summed E-state index contributed by atoms with van der Waals surface area (Å²) in [5, 5.41) is 11.7. The second-order valence-corrected chi connectivity index (χ2v) is 4.70. The van der Waals surface area contributed by atoms with Crippen LogP contribution in [0.5, 0.6) is 0 Å². The Morgan fingerprint density at radius 2 is 2.10 bits per heavy atom. The Labute approximate surface area is 118 Å². The molecule has 1 atom stereocenters. The zero-order valence-electron chi connectivity index (χ0n) is 12.1. The molecule has 0 saturated carbocycles. The number of urea groups is 1. The number of imidazole rings is 1. The van der Waals surface area contributed by atoms with E-state index < -0.39 is 12.0 Å². The van der Waals surface area contributed by atoms with Gasteiger partial charge in [0.25, 0.3) is 0 Å². The number of amides is 2. The molecule has 0 aliphatic heterocycles. The van der Waals surface area contributed by atoms with Gasteiger partial charge in [-0.15, -0.1) is 0 Å². The maximum Gasteiger partial charge on any atom is 0.326 e. The normalized spacial score (nSPS) is 12.2. The van der Waals surface area contributed by atoms with Gasteiger partial charge < -0.3 is 20.3 Å². The number of nitrogens with one attached hydrogen (secondary N) is 2. The molecule has 0 aromatic carbocycles. The molecule has 0 saturated heterocycles. The van der Waals surface area contributed by atoms with E-state index >= 15 is 0 Å². The number of carboxylic acids is 1. The minimum absolute atomic E-state index is 0.108. The Balaban J connectivity index is 2.65. The molecule has 0 unspecified atom stereocenters. The van der Waals surface area contributed by atoms with Gasteiger partial charge in [-0.2, -0.15) is 0 Å². The van der Waals surface area contributed by atoms with Crippen LogP contribution in [-0.4, -0.2) is 51.1 Å². The number of rotatable bonds is 7. The van der Waals surface area contributed by atoms with Crippen molar-refractivity contribution in [1.29, 1.82) is 0 Å². The molecule has 0 bridgehead atoms. The molecule has 1 rings (SSSR count). The van der Waals surface area contributed by atoms with Crippen molar-refractivity contribution in [2.75, 3.05) is 7.05 Å². The largest absolute Gasteiger partial charge is 0.480 e. The molecule has 112 valence electrons. The first kappa shape index (κ1) is 16.0. The first-order chi connectivity index (χ1) is 9.49. The summed E-state index contributed by atoms with van der Waals surface area (Å²) in [7, 11) is 1.68. The second kappa shape index (κ2) is 7.52. The van der Waals surface area contributed by atoms with E-state index in [2.05, 4.69) is 15.3 Å². The average molecular weight is 282 g/mol. The quantitative estimate of drug-likeness (QED) is 0.700. The number of aliphatic carboxylic acids is 1. The molecule has 0 fully saturated rings. The molecule has 2 amide bonds. The minimum atomic E-state index is -1.06. The van der Waals surface area contributed by atoms with E-state index in [4.69, 9.17) is 0 Å². The Morgan fingerprint density at radius 1 is 1.45 bits per heavy atom. The topological polar surface area (TPSA) is 98.3 Å². The summed E-state index contributed by atoms with van der Waals surface area (Å²) in [5.41, 5.74) is 0.669. The van der Waals surface area contributed by atoms with Crippen LogP contribution in [0.3, 0.4) is 0 Å². The maximum absolute atomic E-state index is 12.1. The number of H-pyrrole nitrogens is 1. The average Bonchev–Trinajstić information content (AvgIpc) is 2.91. The lowest BCUT2D eigenvalue weighted by Crippen LogP contribution is -2.50. The highest BCUT2D eigenvalue weighted by atomic mass is 16.4. The summed E-state index contributed by atoms with van der Waals surface area (Å²) in [5.74, 6) is -1.06. The van der Waals surface area contributed by atoms with Crippen LogP contribution < -0.4 is 5.32 Å². The lowest BCUT2D eigenvalue weighted by Gasteiger charge is -2.28.